The largest absolute Gasteiger partial charge is 0.302 e. The minimum Gasteiger partial charge on any atom is -0.302 e. The summed E-state index contributed by atoms with van der Waals surface area (Å²) in [6.45, 7) is 2.13. The van der Waals surface area contributed by atoms with Gasteiger partial charge in [-0.1, -0.05) is 0 Å². The summed E-state index contributed by atoms with van der Waals surface area (Å²) in [6.07, 6.45) is 8.23. The minimum atomic E-state index is -0.303. The van der Waals surface area contributed by atoms with Crippen molar-refractivity contribution in [3.05, 3.63) is 0 Å². The van der Waals surface area contributed by atoms with Gasteiger partial charge in [0.25, 0.3) is 0 Å². The van der Waals surface area contributed by atoms with Crippen LogP contribution in [0.3, 0.4) is 0 Å². The lowest BCUT2D eigenvalue weighted by atomic mass is 9.45. The molecule has 2 heteroatoms. The SMILES string of the molecule is CNC(C)(C#N)C12CC3CC(CC(C3)C1)C2. The molecule has 16 heavy (non-hydrogen) atoms. The highest BCUT2D eigenvalue weighted by atomic mass is 15.0. The summed E-state index contributed by atoms with van der Waals surface area (Å²) in [5.74, 6) is 2.77. The van der Waals surface area contributed by atoms with Crippen LogP contribution in [-0.2, 0) is 0 Å². The molecule has 0 aromatic rings. The average molecular weight is 218 g/mol. The van der Waals surface area contributed by atoms with Gasteiger partial charge in [0.2, 0.25) is 0 Å². The molecule has 88 valence electrons. The van der Waals surface area contributed by atoms with E-state index in [-0.39, 0.29) is 11.0 Å². The summed E-state index contributed by atoms with van der Waals surface area (Å²) in [6, 6.07) is 2.57. The van der Waals surface area contributed by atoms with Gasteiger partial charge in [-0.05, 0) is 70.3 Å². The monoisotopic (exact) mass is 218 g/mol. The summed E-state index contributed by atoms with van der Waals surface area (Å²) in [5.41, 5.74) is -0.0196. The molecule has 4 bridgehead atoms. The van der Waals surface area contributed by atoms with E-state index in [1.165, 1.54) is 38.5 Å². The van der Waals surface area contributed by atoms with Gasteiger partial charge >= 0.3 is 0 Å². The third-order valence-electron chi connectivity index (χ3n) is 5.82. The molecule has 4 rings (SSSR count). The third-order valence-corrected chi connectivity index (χ3v) is 5.82. The highest BCUT2D eigenvalue weighted by Crippen LogP contribution is 2.63. The van der Waals surface area contributed by atoms with Gasteiger partial charge in [0, 0.05) is 5.41 Å². The standard InChI is InChI=1S/C14H22N2/c1-13(9-15,16-2)14-6-10-3-11(7-14)5-12(4-10)8-14/h10-12,16H,3-8H2,1-2H3. The molecule has 0 amide bonds. The molecule has 4 aliphatic rings. The molecule has 4 fully saturated rings. The van der Waals surface area contributed by atoms with Crippen molar-refractivity contribution < 1.29 is 0 Å². The van der Waals surface area contributed by atoms with E-state index in [1.807, 2.05) is 7.05 Å². The van der Waals surface area contributed by atoms with Crippen molar-refractivity contribution in [1.29, 1.82) is 5.26 Å². The van der Waals surface area contributed by atoms with Crippen LogP contribution in [0, 0.1) is 34.5 Å². The second-order valence-electron chi connectivity index (χ2n) is 6.68. The maximum Gasteiger partial charge on any atom is 0.109 e. The number of nitriles is 1. The number of nitrogens with zero attached hydrogens (tertiary/aromatic N) is 1. The molecular weight excluding hydrogens is 196 g/mol. The Morgan fingerprint density at radius 1 is 1.12 bits per heavy atom. The van der Waals surface area contributed by atoms with Gasteiger partial charge in [-0.3, -0.25) is 0 Å². The Labute approximate surface area is 98.4 Å². The van der Waals surface area contributed by atoms with Crippen molar-refractivity contribution in [2.75, 3.05) is 7.05 Å². The summed E-state index contributed by atoms with van der Waals surface area (Å²) in [5, 5.41) is 12.9. The molecule has 0 radical (unpaired) electrons. The first-order valence-corrected chi connectivity index (χ1v) is 6.71. The van der Waals surface area contributed by atoms with E-state index in [4.69, 9.17) is 0 Å². The van der Waals surface area contributed by atoms with E-state index in [1.54, 1.807) is 0 Å². The average Bonchev–Trinajstić information content (AvgIpc) is 2.26. The maximum atomic E-state index is 9.53. The van der Waals surface area contributed by atoms with Gasteiger partial charge < -0.3 is 5.32 Å². The minimum absolute atomic E-state index is 0.283. The van der Waals surface area contributed by atoms with Crippen LogP contribution in [0.1, 0.15) is 45.4 Å². The lowest BCUT2D eigenvalue weighted by molar-refractivity contribution is -0.0864. The van der Waals surface area contributed by atoms with Crippen molar-refractivity contribution in [2.24, 2.45) is 23.2 Å². The highest BCUT2D eigenvalue weighted by Gasteiger charge is 2.58. The predicted octanol–water partition coefficient (Wildman–Crippen LogP) is 2.70. The summed E-state index contributed by atoms with van der Waals surface area (Å²) >= 11 is 0. The van der Waals surface area contributed by atoms with Crippen LogP contribution in [-0.4, -0.2) is 12.6 Å². The van der Waals surface area contributed by atoms with Crippen molar-refractivity contribution in [3.8, 4) is 6.07 Å². The fraction of sp³-hybridized carbons (Fsp3) is 0.929. The van der Waals surface area contributed by atoms with Crippen LogP contribution in [0.2, 0.25) is 0 Å². The topological polar surface area (TPSA) is 35.8 Å². The van der Waals surface area contributed by atoms with Gasteiger partial charge in [-0.25, -0.2) is 0 Å². The molecule has 4 aliphatic carbocycles. The normalized spacial score (nSPS) is 48.7. The second-order valence-corrected chi connectivity index (χ2v) is 6.68. The molecule has 1 N–H and O–H groups in total. The van der Waals surface area contributed by atoms with Crippen LogP contribution in [0.4, 0.5) is 0 Å². The molecule has 0 aromatic heterocycles. The highest BCUT2D eigenvalue weighted by molar-refractivity contribution is 5.19. The van der Waals surface area contributed by atoms with E-state index >= 15 is 0 Å². The predicted molar refractivity (Wildman–Crippen MR) is 63.7 cm³/mol. The molecule has 0 heterocycles. The zero-order chi connectivity index (χ0) is 11.4. The van der Waals surface area contributed by atoms with Gasteiger partial charge in [-0.2, -0.15) is 5.26 Å². The van der Waals surface area contributed by atoms with Crippen molar-refractivity contribution in [2.45, 2.75) is 51.0 Å². The van der Waals surface area contributed by atoms with Crippen LogP contribution in [0.15, 0.2) is 0 Å². The molecule has 0 spiro atoms. The summed E-state index contributed by atoms with van der Waals surface area (Å²) < 4.78 is 0. The fourth-order valence-corrected chi connectivity index (χ4v) is 5.16. The molecule has 4 saturated carbocycles. The lowest BCUT2D eigenvalue weighted by Gasteiger charge is -2.61. The Kier molecular flexibility index (Phi) is 2.14. The first kappa shape index (κ1) is 10.6. The second kappa shape index (κ2) is 3.23. The van der Waals surface area contributed by atoms with E-state index in [2.05, 4.69) is 18.3 Å². The zero-order valence-electron chi connectivity index (χ0n) is 10.4. The Hall–Kier alpha value is -0.550. The van der Waals surface area contributed by atoms with Gasteiger partial charge in [0.1, 0.15) is 5.54 Å². The van der Waals surface area contributed by atoms with Crippen LogP contribution in [0.5, 0.6) is 0 Å². The van der Waals surface area contributed by atoms with Crippen LogP contribution >= 0.6 is 0 Å². The van der Waals surface area contributed by atoms with E-state index in [0.717, 1.165) is 17.8 Å². The van der Waals surface area contributed by atoms with E-state index in [9.17, 15) is 5.26 Å². The van der Waals surface area contributed by atoms with E-state index < -0.39 is 0 Å². The van der Waals surface area contributed by atoms with E-state index in [0.29, 0.717) is 0 Å². The van der Waals surface area contributed by atoms with Crippen molar-refractivity contribution >= 4 is 0 Å². The molecule has 1 atom stereocenters. The van der Waals surface area contributed by atoms with Crippen molar-refractivity contribution in [1.82, 2.24) is 5.32 Å². The van der Waals surface area contributed by atoms with Crippen LogP contribution in [0.25, 0.3) is 0 Å². The molecular formula is C14H22N2. The first-order chi connectivity index (χ1) is 7.61. The van der Waals surface area contributed by atoms with Crippen LogP contribution < -0.4 is 5.32 Å². The maximum absolute atomic E-state index is 9.53. The third kappa shape index (κ3) is 1.21. The molecule has 0 saturated heterocycles. The van der Waals surface area contributed by atoms with Crippen molar-refractivity contribution in [3.63, 3.8) is 0 Å². The lowest BCUT2D eigenvalue weighted by Crippen LogP contribution is -2.61. The van der Waals surface area contributed by atoms with Gasteiger partial charge in [0.15, 0.2) is 0 Å². The molecule has 2 nitrogen and oxygen atoms in total. The number of rotatable bonds is 2. The Balaban J connectivity index is 1.97. The van der Waals surface area contributed by atoms with Gasteiger partial charge in [0.05, 0.1) is 6.07 Å². The first-order valence-electron chi connectivity index (χ1n) is 6.71. The fourth-order valence-electron chi connectivity index (χ4n) is 5.16. The quantitative estimate of drug-likeness (QED) is 0.773. The molecule has 1 unspecified atom stereocenters. The molecule has 0 aliphatic heterocycles. The van der Waals surface area contributed by atoms with Gasteiger partial charge in [-0.15, -0.1) is 0 Å². The number of nitrogens with one attached hydrogen (secondary N) is 1. The smallest absolute Gasteiger partial charge is 0.109 e. The Bertz CT molecular complexity index is 306. The Morgan fingerprint density at radius 3 is 1.88 bits per heavy atom. The Morgan fingerprint density at radius 2 is 1.56 bits per heavy atom. The summed E-state index contributed by atoms with van der Waals surface area (Å²) in [4.78, 5) is 0. The summed E-state index contributed by atoms with van der Waals surface area (Å²) in [7, 11) is 1.96. The number of hydrogen-bond donors (Lipinski definition) is 1. The number of hydrogen-bond acceptors (Lipinski definition) is 2. The zero-order valence-corrected chi connectivity index (χ0v) is 10.4. The molecule has 0 aromatic carbocycles.